The van der Waals surface area contributed by atoms with E-state index in [1.807, 2.05) is 18.2 Å². The molecule has 2 aromatic carbocycles. The molecule has 0 spiro atoms. The van der Waals surface area contributed by atoms with E-state index in [2.05, 4.69) is 21.2 Å². The molecule has 0 saturated heterocycles. The minimum absolute atomic E-state index is 0.113. The van der Waals surface area contributed by atoms with Crippen molar-refractivity contribution in [1.29, 1.82) is 0 Å². The van der Waals surface area contributed by atoms with E-state index in [1.165, 1.54) is 12.1 Å². The average Bonchev–Trinajstić information content (AvgIpc) is 2.55. The first-order chi connectivity index (χ1) is 12.2. The van der Waals surface area contributed by atoms with Gasteiger partial charge in [0, 0.05) is 22.5 Å². The molecule has 0 saturated carbocycles. The monoisotopic (exact) mass is 478 g/mol. The number of para-hydroxylation sites is 1. The summed E-state index contributed by atoms with van der Waals surface area (Å²) < 4.78 is 26.2. The predicted molar refractivity (Wildman–Crippen MR) is 111 cm³/mol. The highest BCUT2D eigenvalue weighted by molar-refractivity contribution is 9.10. The summed E-state index contributed by atoms with van der Waals surface area (Å²) in [5, 5.41) is 3.44. The Balaban J connectivity index is 2.03. The van der Waals surface area contributed by atoms with Crippen molar-refractivity contribution >= 4 is 66.4 Å². The minimum Gasteiger partial charge on any atom is -0.325 e. The van der Waals surface area contributed by atoms with Crippen LogP contribution in [-0.4, -0.2) is 27.1 Å². The van der Waals surface area contributed by atoms with E-state index >= 15 is 0 Å². The van der Waals surface area contributed by atoms with E-state index < -0.39 is 10.0 Å². The molecule has 9 heteroatoms. The number of hydrogen-bond donors (Lipinski definition) is 1. The van der Waals surface area contributed by atoms with Gasteiger partial charge in [0.1, 0.15) is 0 Å². The van der Waals surface area contributed by atoms with Crippen LogP contribution in [0.2, 0.25) is 10.0 Å². The van der Waals surface area contributed by atoms with Gasteiger partial charge in [-0.3, -0.25) is 9.10 Å². The second-order valence-corrected chi connectivity index (χ2v) is 9.17. The van der Waals surface area contributed by atoms with Gasteiger partial charge < -0.3 is 5.32 Å². The number of nitrogens with one attached hydrogen (secondary N) is 1. The maximum Gasteiger partial charge on any atom is 0.232 e. The minimum atomic E-state index is -3.57. The summed E-state index contributed by atoms with van der Waals surface area (Å²) in [6, 6.07) is 11.9. The molecule has 0 aliphatic rings. The van der Waals surface area contributed by atoms with Crippen LogP contribution in [0, 0.1) is 0 Å². The highest BCUT2D eigenvalue weighted by atomic mass is 79.9. The maximum absolute atomic E-state index is 12.1. The van der Waals surface area contributed by atoms with Gasteiger partial charge in [0.2, 0.25) is 15.9 Å². The summed E-state index contributed by atoms with van der Waals surface area (Å²) in [7, 11) is -3.57. The van der Waals surface area contributed by atoms with Crippen LogP contribution in [0.5, 0.6) is 0 Å². The molecule has 5 nitrogen and oxygen atoms in total. The smallest absolute Gasteiger partial charge is 0.232 e. The van der Waals surface area contributed by atoms with Crippen LogP contribution < -0.4 is 9.62 Å². The Kier molecular flexibility index (Phi) is 7.34. The predicted octanol–water partition coefficient (Wildman–Crippen LogP) is 4.94. The molecule has 0 aliphatic heterocycles. The number of benzene rings is 2. The van der Waals surface area contributed by atoms with Gasteiger partial charge in [0.05, 0.1) is 22.7 Å². The van der Waals surface area contributed by atoms with Gasteiger partial charge in [-0.05, 0) is 52.7 Å². The summed E-state index contributed by atoms with van der Waals surface area (Å²) >= 11 is 15.4. The van der Waals surface area contributed by atoms with Gasteiger partial charge >= 0.3 is 0 Å². The number of sulfonamides is 1. The van der Waals surface area contributed by atoms with Gasteiger partial charge in [-0.25, -0.2) is 8.42 Å². The third-order valence-electron chi connectivity index (χ3n) is 3.49. The van der Waals surface area contributed by atoms with E-state index in [0.717, 1.165) is 15.0 Å². The summed E-state index contributed by atoms with van der Waals surface area (Å²) in [6.07, 6.45) is 1.57. The molecule has 0 radical (unpaired) electrons. The van der Waals surface area contributed by atoms with Crippen molar-refractivity contribution in [2.45, 2.75) is 12.8 Å². The molecule has 1 amide bonds. The van der Waals surface area contributed by atoms with Crippen LogP contribution in [0.15, 0.2) is 46.9 Å². The molecule has 2 aromatic rings. The van der Waals surface area contributed by atoms with Crippen molar-refractivity contribution in [3.05, 3.63) is 57.0 Å². The first kappa shape index (κ1) is 21.0. The SMILES string of the molecule is CS(=O)(=O)N(CCCC(=O)Nc1ccccc1Br)c1cc(Cl)ccc1Cl. The number of halogens is 3. The molecule has 0 aromatic heterocycles. The zero-order valence-electron chi connectivity index (χ0n) is 13.9. The molecule has 0 heterocycles. The van der Waals surface area contributed by atoms with Crippen LogP contribution in [0.1, 0.15) is 12.8 Å². The number of anilines is 2. The van der Waals surface area contributed by atoms with Crippen LogP contribution in [0.4, 0.5) is 11.4 Å². The average molecular weight is 480 g/mol. The molecule has 140 valence electrons. The van der Waals surface area contributed by atoms with Gasteiger partial charge in [-0.15, -0.1) is 0 Å². The fourth-order valence-corrected chi connectivity index (χ4v) is 4.09. The number of hydrogen-bond acceptors (Lipinski definition) is 3. The largest absolute Gasteiger partial charge is 0.325 e. The zero-order chi connectivity index (χ0) is 19.3. The third kappa shape index (κ3) is 5.87. The molecule has 2 rings (SSSR count). The Bertz CT molecular complexity index is 907. The van der Waals surface area contributed by atoms with Crippen LogP contribution >= 0.6 is 39.1 Å². The Morgan fingerprint density at radius 1 is 1.19 bits per heavy atom. The van der Waals surface area contributed by atoms with E-state index in [0.29, 0.717) is 22.8 Å². The molecule has 1 N–H and O–H groups in total. The molecular weight excluding hydrogens is 463 g/mol. The second-order valence-electron chi connectivity index (χ2n) is 5.56. The van der Waals surface area contributed by atoms with Crippen LogP contribution in [0.3, 0.4) is 0 Å². The number of carbonyl (C=O) groups excluding carboxylic acids is 1. The summed E-state index contributed by atoms with van der Waals surface area (Å²) in [4.78, 5) is 12.1. The Hall–Kier alpha value is -1.28. The van der Waals surface area contributed by atoms with Crippen LogP contribution in [-0.2, 0) is 14.8 Å². The zero-order valence-corrected chi connectivity index (χ0v) is 17.8. The highest BCUT2D eigenvalue weighted by Crippen LogP contribution is 2.31. The van der Waals surface area contributed by atoms with E-state index in [-0.39, 0.29) is 23.9 Å². The number of carbonyl (C=O) groups is 1. The lowest BCUT2D eigenvalue weighted by Crippen LogP contribution is -2.31. The van der Waals surface area contributed by atoms with Crippen molar-refractivity contribution in [2.75, 3.05) is 22.4 Å². The summed E-state index contributed by atoms with van der Waals surface area (Å²) in [5.74, 6) is -0.206. The third-order valence-corrected chi connectivity index (χ3v) is 5.92. The topological polar surface area (TPSA) is 66.5 Å². The van der Waals surface area contributed by atoms with Crippen molar-refractivity contribution in [1.82, 2.24) is 0 Å². The quantitative estimate of drug-likeness (QED) is 0.611. The highest BCUT2D eigenvalue weighted by Gasteiger charge is 2.20. The van der Waals surface area contributed by atoms with E-state index in [9.17, 15) is 13.2 Å². The molecule has 26 heavy (non-hydrogen) atoms. The first-order valence-corrected chi connectivity index (χ1v) is 11.1. The van der Waals surface area contributed by atoms with Crippen molar-refractivity contribution in [2.24, 2.45) is 0 Å². The normalized spacial score (nSPS) is 11.2. The number of rotatable bonds is 7. The first-order valence-electron chi connectivity index (χ1n) is 7.65. The fraction of sp³-hybridized carbons (Fsp3) is 0.235. The number of nitrogens with zero attached hydrogens (tertiary/aromatic N) is 1. The molecule has 0 aliphatic carbocycles. The molecule has 0 bridgehead atoms. The number of amides is 1. The van der Waals surface area contributed by atoms with Crippen molar-refractivity contribution < 1.29 is 13.2 Å². The molecule has 0 fully saturated rings. The Morgan fingerprint density at radius 3 is 2.54 bits per heavy atom. The Labute approximate surface area is 171 Å². The lowest BCUT2D eigenvalue weighted by molar-refractivity contribution is -0.116. The van der Waals surface area contributed by atoms with Crippen LogP contribution in [0.25, 0.3) is 0 Å². The van der Waals surface area contributed by atoms with Crippen molar-refractivity contribution in [3.8, 4) is 0 Å². The van der Waals surface area contributed by atoms with E-state index in [4.69, 9.17) is 23.2 Å². The standard InChI is InChI=1S/C17H17BrCl2N2O3S/c1-26(24,25)22(16-11-12(19)8-9-14(16)20)10-4-7-17(23)21-15-6-3-2-5-13(15)18/h2-3,5-6,8-9,11H,4,7,10H2,1H3,(H,21,23). The second kappa shape index (κ2) is 9.08. The van der Waals surface area contributed by atoms with Gasteiger partial charge in [0.25, 0.3) is 0 Å². The van der Waals surface area contributed by atoms with Crippen molar-refractivity contribution in [3.63, 3.8) is 0 Å². The fourth-order valence-electron chi connectivity index (χ4n) is 2.30. The van der Waals surface area contributed by atoms with Gasteiger partial charge in [-0.1, -0.05) is 35.3 Å². The Morgan fingerprint density at radius 2 is 1.88 bits per heavy atom. The molecule has 0 unspecified atom stereocenters. The maximum atomic E-state index is 12.1. The lowest BCUT2D eigenvalue weighted by atomic mass is 10.2. The summed E-state index contributed by atoms with van der Waals surface area (Å²) in [6.45, 7) is 0.113. The van der Waals surface area contributed by atoms with E-state index in [1.54, 1.807) is 12.1 Å². The lowest BCUT2D eigenvalue weighted by Gasteiger charge is -2.23. The molecule has 0 atom stereocenters. The van der Waals surface area contributed by atoms with Gasteiger partial charge in [0.15, 0.2) is 0 Å². The molecular formula is C17H17BrCl2N2O3S. The summed E-state index contributed by atoms with van der Waals surface area (Å²) in [5.41, 5.74) is 0.961. The van der Waals surface area contributed by atoms with Gasteiger partial charge in [-0.2, -0.15) is 0 Å².